The van der Waals surface area contributed by atoms with Crippen LogP contribution in [0.15, 0.2) is 72.9 Å². The van der Waals surface area contributed by atoms with Gasteiger partial charge < -0.3 is 10.0 Å². The molecule has 0 spiro atoms. The van der Waals surface area contributed by atoms with E-state index in [2.05, 4.69) is 63.3 Å². The number of nitrogens with zero attached hydrogens (tertiary/aromatic N) is 3. The number of aromatic carboxylic acids is 1. The topological polar surface area (TPSA) is 56.7 Å². The molecule has 0 radical (unpaired) electrons. The molecule has 1 N–H and O–H groups in total. The summed E-state index contributed by atoms with van der Waals surface area (Å²) in [5.74, 6) is -0.918. The fourth-order valence-corrected chi connectivity index (χ4v) is 3.73. The number of carboxylic acid groups (broad SMARTS) is 1. The number of para-hydroxylation sites is 1. The molecule has 5 nitrogen and oxygen atoms in total. The van der Waals surface area contributed by atoms with E-state index in [-0.39, 0.29) is 0 Å². The fourth-order valence-electron chi connectivity index (χ4n) is 3.73. The number of carbonyl (C=O) groups is 1. The Kier molecular flexibility index (Phi) is 5.35. The summed E-state index contributed by atoms with van der Waals surface area (Å²) in [4.78, 5) is 20.4. The molecule has 1 saturated heterocycles. The molecular formula is C23H23N3O2. The summed E-state index contributed by atoms with van der Waals surface area (Å²) < 4.78 is 0. The van der Waals surface area contributed by atoms with Gasteiger partial charge in [0.05, 0.1) is 11.3 Å². The molecule has 0 saturated carbocycles. The highest BCUT2D eigenvalue weighted by Crippen LogP contribution is 2.31. The molecule has 5 heteroatoms. The number of carboxylic acids is 1. The molecule has 0 atom stereocenters. The number of piperazine rings is 1. The number of hydrogen-bond donors (Lipinski definition) is 1. The van der Waals surface area contributed by atoms with Crippen LogP contribution in [0.3, 0.4) is 0 Å². The third-order valence-electron chi connectivity index (χ3n) is 5.20. The summed E-state index contributed by atoms with van der Waals surface area (Å²) in [5.41, 5.74) is 4.64. The molecule has 0 aliphatic carbocycles. The van der Waals surface area contributed by atoms with E-state index < -0.39 is 5.97 Å². The summed E-state index contributed by atoms with van der Waals surface area (Å²) in [6.07, 6.45) is 1.66. The second-order valence-electron chi connectivity index (χ2n) is 6.95. The molecule has 0 amide bonds. The highest BCUT2D eigenvalue weighted by Gasteiger charge is 2.21. The number of anilines is 1. The predicted molar refractivity (Wildman–Crippen MR) is 111 cm³/mol. The minimum Gasteiger partial charge on any atom is -0.478 e. The molecular weight excluding hydrogens is 350 g/mol. The maximum Gasteiger partial charge on any atom is 0.337 e. The van der Waals surface area contributed by atoms with Gasteiger partial charge in [0, 0.05) is 50.2 Å². The van der Waals surface area contributed by atoms with Crippen molar-refractivity contribution in [2.45, 2.75) is 6.54 Å². The molecule has 1 fully saturated rings. The predicted octanol–water partition coefficient (Wildman–Crippen LogP) is 3.77. The van der Waals surface area contributed by atoms with Crippen LogP contribution in [0.5, 0.6) is 0 Å². The Balaban J connectivity index is 1.47. The maximum atomic E-state index is 11.4. The van der Waals surface area contributed by atoms with Gasteiger partial charge >= 0.3 is 5.97 Å². The lowest BCUT2D eigenvalue weighted by molar-refractivity contribution is 0.0693. The maximum absolute atomic E-state index is 11.4. The molecule has 1 aliphatic rings. The number of pyridine rings is 1. The Morgan fingerprint density at radius 2 is 1.61 bits per heavy atom. The molecule has 2 heterocycles. The molecule has 0 unspecified atom stereocenters. The molecule has 0 bridgehead atoms. The van der Waals surface area contributed by atoms with Crippen LogP contribution >= 0.6 is 0 Å². The van der Waals surface area contributed by atoms with Gasteiger partial charge in [0.2, 0.25) is 0 Å². The van der Waals surface area contributed by atoms with Gasteiger partial charge in [-0.25, -0.2) is 4.79 Å². The minimum absolute atomic E-state index is 0.291. The van der Waals surface area contributed by atoms with Crippen LogP contribution < -0.4 is 4.90 Å². The van der Waals surface area contributed by atoms with Gasteiger partial charge in [-0.1, -0.05) is 48.5 Å². The van der Waals surface area contributed by atoms with Crippen molar-refractivity contribution in [3.63, 3.8) is 0 Å². The van der Waals surface area contributed by atoms with Crippen molar-refractivity contribution in [1.29, 1.82) is 0 Å². The smallest absolute Gasteiger partial charge is 0.337 e. The van der Waals surface area contributed by atoms with Crippen molar-refractivity contribution >= 4 is 11.7 Å². The number of aromatic nitrogens is 1. The Hall–Kier alpha value is -3.18. The van der Waals surface area contributed by atoms with Crippen LogP contribution in [0.1, 0.15) is 16.1 Å². The monoisotopic (exact) mass is 373 g/mol. The van der Waals surface area contributed by atoms with E-state index in [4.69, 9.17) is 0 Å². The Morgan fingerprint density at radius 1 is 0.893 bits per heavy atom. The average molecular weight is 373 g/mol. The summed E-state index contributed by atoms with van der Waals surface area (Å²) in [6, 6.07) is 22.3. The van der Waals surface area contributed by atoms with Crippen molar-refractivity contribution in [3.05, 3.63) is 84.2 Å². The van der Waals surface area contributed by atoms with Crippen LogP contribution in [-0.4, -0.2) is 47.1 Å². The first-order valence-corrected chi connectivity index (χ1v) is 9.51. The molecule has 2 aromatic carbocycles. The zero-order valence-corrected chi connectivity index (χ0v) is 15.7. The van der Waals surface area contributed by atoms with E-state index in [0.29, 0.717) is 17.8 Å². The highest BCUT2D eigenvalue weighted by molar-refractivity contribution is 5.88. The van der Waals surface area contributed by atoms with E-state index >= 15 is 0 Å². The molecule has 3 aromatic rings. The number of rotatable bonds is 5. The van der Waals surface area contributed by atoms with E-state index in [0.717, 1.165) is 26.2 Å². The van der Waals surface area contributed by atoms with Crippen LogP contribution in [0.4, 0.5) is 5.69 Å². The summed E-state index contributed by atoms with van der Waals surface area (Å²) in [7, 11) is 0. The molecule has 1 aliphatic heterocycles. The van der Waals surface area contributed by atoms with Gasteiger partial charge in [0.15, 0.2) is 0 Å². The average Bonchev–Trinajstić information content (AvgIpc) is 2.75. The van der Waals surface area contributed by atoms with E-state index in [1.807, 2.05) is 6.07 Å². The van der Waals surface area contributed by atoms with Crippen LogP contribution in [0.25, 0.3) is 11.1 Å². The van der Waals surface area contributed by atoms with Gasteiger partial charge in [-0.15, -0.1) is 0 Å². The fraction of sp³-hybridized carbons (Fsp3) is 0.217. The summed E-state index contributed by atoms with van der Waals surface area (Å²) in [6.45, 7) is 4.12. The number of benzene rings is 2. The van der Waals surface area contributed by atoms with Crippen molar-refractivity contribution in [1.82, 2.24) is 9.88 Å². The summed E-state index contributed by atoms with van der Waals surface area (Å²) in [5, 5.41) is 9.36. The second kappa shape index (κ2) is 8.23. The lowest BCUT2D eigenvalue weighted by Crippen LogP contribution is -2.46. The Labute approximate surface area is 164 Å². The van der Waals surface area contributed by atoms with Gasteiger partial charge in [0.1, 0.15) is 0 Å². The largest absolute Gasteiger partial charge is 0.478 e. The SMILES string of the molecule is O=C(O)c1cccnc1CN1CCN(c2ccccc2-c2ccccc2)CC1. The quantitative estimate of drug-likeness (QED) is 0.738. The second-order valence-corrected chi connectivity index (χ2v) is 6.95. The zero-order valence-electron chi connectivity index (χ0n) is 15.7. The van der Waals surface area contributed by atoms with Crippen LogP contribution in [0.2, 0.25) is 0 Å². The van der Waals surface area contributed by atoms with Crippen molar-refractivity contribution in [3.8, 4) is 11.1 Å². The van der Waals surface area contributed by atoms with Crippen LogP contribution in [0, 0.1) is 0 Å². The van der Waals surface area contributed by atoms with Gasteiger partial charge in [-0.3, -0.25) is 9.88 Å². The normalized spacial score (nSPS) is 14.8. The Morgan fingerprint density at radius 3 is 2.36 bits per heavy atom. The first kappa shape index (κ1) is 18.2. The van der Waals surface area contributed by atoms with Crippen molar-refractivity contribution in [2.75, 3.05) is 31.1 Å². The first-order chi connectivity index (χ1) is 13.7. The molecule has 4 rings (SSSR count). The van der Waals surface area contributed by atoms with E-state index in [1.165, 1.54) is 16.8 Å². The molecule has 1 aromatic heterocycles. The lowest BCUT2D eigenvalue weighted by atomic mass is 10.0. The minimum atomic E-state index is -0.918. The van der Waals surface area contributed by atoms with Gasteiger partial charge in [-0.05, 0) is 23.8 Å². The number of hydrogen-bond acceptors (Lipinski definition) is 4. The zero-order chi connectivity index (χ0) is 19.3. The van der Waals surface area contributed by atoms with Crippen molar-refractivity contribution < 1.29 is 9.90 Å². The highest BCUT2D eigenvalue weighted by atomic mass is 16.4. The van der Waals surface area contributed by atoms with Gasteiger partial charge in [-0.2, -0.15) is 0 Å². The van der Waals surface area contributed by atoms with Crippen molar-refractivity contribution in [2.24, 2.45) is 0 Å². The first-order valence-electron chi connectivity index (χ1n) is 9.51. The van der Waals surface area contributed by atoms with E-state index in [9.17, 15) is 9.90 Å². The third kappa shape index (κ3) is 3.89. The third-order valence-corrected chi connectivity index (χ3v) is 5.20. The standard InChI is InChI=1S/C23H23N3O2/c27-23(28)20-10-6-12-24-21(20)17-25-13-15-26(16-14-25)22-11-5-4-9-19(22)18-7-2-1-3-8-18/h1-12H,13-17H2,(H,27,28). The molecule has 28 heavy (non-hydrogen) atoms. The molecule has 142 valence electrons. The lowest BCUT2D eigenvalue weighted by Gasteiger charge is -2.37. The van der Waals surface area contributed by atoms with Crippen LogP contribution in [-0.2, 0) is 6.54 Å². The summed E-state index contributed by atoms with van der Waals surface area (Å²) >= 11 is 0. The van der Waals surface area contributed by atoms with Gasteiger partial charge in [0.25, 0.3) is 0 Å². The Bertz CT molecular complexity index is 951. The van der Waals surface area contributed by atoms with E-state index in [1.54, 1.807) is 18.3 Å².